The second kappa shape index (κ2) is 8.40. The van der Waals surface area contributed by atoms with Gasteiger partial charge in [-0.25, -0.2) is 0 Å². The van der Waals surface area contributed by atoms with E-state index in [-0.39, 0.29) is 6.61 Å². The highest BCUT2D eigenvalue weighted by Gasteiger charge is 2.14. The summed E-state index contributed by atoms with van der Waals surface area (Å²) >= 11 is 1.76. The number of β-amino-alcohol motifs (C(OH)–C–C–N with tert-alkyl or cyclic N) is 1. The monoisotopic (exact) mass is 293 g/mol. The lowest BCUT2D eigenvalue weighted by Crippen LogP contribution is -2.32. The second-order valence-corrected chi connectivity index (χ2v) is 6.14. The number of hydrogen-bond donors (Lipinski definition) is 2. The Kier molecular flexibility index (Phi) is 6.51. The molecule has 0 amide bonds. The van der Waals surface area contributed by atoms with Gasteiger partial charge in [0.25, 0.3) is 0 Å². The molecule has 110 valence electrons. The molecule has 1 aliphatic rings. The van der Waals surface area contributed by atoms with Crippen LogP contribution < -0.4 is 5.73 Å². The van der Waals surface area contributed by atoms with Crippen molar-refractivity contribution in [2.24, 2.45) is 5.73 Å². The van der Waals surface area contributed by atoms with Gasteiger partial charge in [-0.1, -0.05) is 11.8 Å². The molecule has 0 atom stereocenters. The summed E-state index contributed by atoms with van der Waals surface area (Å²) < 4.78 is 0. The maximum atomic E-state index is 9.01. The first kappa shape index (κ1) is 15.5. The molecule has 0 unspecified atom stereocenters. The Labute approximate surface area is 125 Å². The van der Waals surface area contributed by atoms with Crippen LogP contribution in [0.2, 0.25) is 0 Å². The van der Waals surface area contributed by atoms with Gasteiger partial charge in [0.1, 0.15) is 0 Å². The van der Waals surface area contributed by atoms with E-state index in [0.29, 0.717) is 6.54 Å². The van der Waals surface area contributed by atoms with Gasteiger partial charge in [-0.2, -0.15) is 0 Å². The number of thiophene rings is 1. The van der Waals surface area contributed by atoms with E-state index >= 15 is 0 Å². The molecule has 0 bridgehead atoms. The quantitative estimate of drug-likeness (QED) is 0.797. The van der Waals surface area contributed by atoms with Crippen LogP contribution in [0.4, 0.5) is 0 Å². The smallest absolute Gasteiger partial charge is 0.0772 e. The summed E-state index contributed by atoms with van der Waals surface area (Å²) in [5, 5.41) is 9.01. The van der Waals surface area contributed by atoms with Gasteiger partial charge < -0.3 is 10.8 Å². The van der Waals surface area contributed by atoms with Crippen molar-refractivity contribution < 1.29 is 5.11 Å². The number of nitrogens with two attached hydrogens (primary N) is 1. The zero-order valence-corrected chi connectivity index (χ0v) is 12.7. The van der Waals surface area contributed by atoms with E-state index in [1.807, 2.05) is 0 Å². The molecule has 1 saturated heterocycles. The molecule has 5 heteroatoms. The fourth-order valence-electron chi connectivity index (χ4n) is 2.44. The van der Waals surface area contributed by atoms with Crippen LogP contribution in [0.3, 0.4) is 0 Å². The molecule has 0 saturated carbocycles. The molecule has 0 spiro atoms. The lowest BCUT2D eigenvalue weighted by atomic mass is 10.3. The number of nitrogens with zero attached hydrogens (tertiary/aromatic N) is 2. The largest absolute Gasteiger partial charge is 0.395 e. The lowest BCUT2D eigenvalue weighted by molar-refractivity contribution is 0.196. The average molecular weight is 293 g/mol. The van der Waals surface area contributed by atoms with Crippen LogP contribution in [-0.4, -0.2) is 60.8 Å². The lowest BCUT2D eigenvalue weighted by Gasteiger charge is -2.20. The van der Waals surface area contributed by atoms with Crippen molar-refractivity contribution in [3.63, 3.8) is 0 Å². The predicted octanol–water partition coefficient (Wildman–Crippen LogP) is 0.558. The summed E-state index contributed by atoms with van der Waals surface area (Å²) in [5.41, 5.74) is 5.39. The van der Waals surface area contributed by atoms with Crippen LogP contribution in [0.5, 0.6) is 0 Å². The van der Waals surface area contributed by atoms with E-state index in [9.17, 15) is 0 Å². The molecule has 1 aromatic rings. The SMILES string of the molecule is NCC#Cc1ccc(CN2CCCN(CCO)CC2)s1. The first-order valence-electron chi connectivity index (χ1n) is 7.15. The van der Waals surface area contributed by atoms with Crippen molar-refractivity contribution in [1.82, 2.24) is 9.80 Å². The van der Waals surface area contributed by atoms with E-state index in [1.54, 1.807) is 11.3 Å². The number of aliphatic hydroxyl groups is 1. The van der Waals surface area contributed by atoms with Crippen LogP contribution >= 0.6 is 11.3 Å². The molecule has 1 aromatic heterocycles. The Hall–Kier alpha value is -0.900. The average Bonchev–Trinajstić information content (AvgIpc) is 2.77. The summed E-state index contributed by atoms with van der Waals surface area (Å²) in [6, 6.07) is 4.25. The molecule has 3 N–H and O–H groups in total. The van der Waals surface area contributed by atoms with Gasteiger partial charge >= 0.3 is 0 Å². The van der Waals surface area contributed by atoms with Crippen molar-refractivity contribution in [2.45, 2.75) is 13.0 Å². The molecular weight excluding hydrogens is 270 g/mol. The molecular formula is C15H23N3OS. The second-order valence-electron chi connectivity index (χ2n) is 4.97. The van der Waals surface area contributed by atoms with Gasteiger partial charge in [0, 0.05) is 31.1 Å². The van der Waals surface area contributed by atoms with Crippen LogP contribution in [0.25, 0.3) is 0 Å². The minimum Gasteiger partial charge on any atom is -0.395 e. The molecule has 4 nitrogen and oxygen atoms in total. The fourth-order valence-corrected chi connectivity index (χ4v) is 3.36. The van der Waals surface area contributed by atoms with Gasteiger partial charge in [-0.15, -0.1) is 11.3 Å². The maximum absolute atomic E-state index is 9.01. The molecule has 20 heavy (non-hydrogen) atoms. The van der Waals surface area contributed by atoms with Gasteiger partial charge in [-0.3, -0.25) is 9.80 Å². The topological polar surface area (TPSA) is 52.7 Å². The summed E-state index contributed by atoms with van der Waals surface area (Å²) in [4.78, 5) is 7.29. The van der Waals surface area contributed by atoms with Crippen molar-refractivity contribution in [3.05, 3.63) is 21.9 Å². The summed E-state index contributed by atoms with van der Waals surface area (Å²) in [6.07, 6.45) is 1.17. The Morgan fingerprint density at radius 1 is 1.20 bits per heavy atom. The Morgan fingerprint density at radius 3 is 2.80 bits per heavy atom. The minimum absolute atomic E-state index is 0.258. The van der Waals surface area contributed by atoms with E-state index in [0.717, 1.165) is 44.1 Å². The normalized spacial score (nSPS) is 17.5. The molecule has 2 rings (SSSR count). The number of hydrogen-bond acceptors (Lipinski definition) is 5. The van der Waals surface area contributed by atoms with E-state index in [2.05, 4.69) is 33.8 Å². The highest BCUT2D eigenvalue weighted by atomic mass is 32.1. The first-order chi connectivity index (χ1) is 9.81. The van der Waals surface area contributed by atoms with Crippen LogP contribution in [0, 0.1) is 11.8 Å². The minimum atomic E-state index is 0.258. The molecule has 1 aliphatic heterocycles. The third kappa shape index (κ3) is 4.89. The highest BCUT2D eigenvalue weighted by Crippen LogP contribution is 2.18. The first-order valence-corrected chi connectivity index (χ1v) is 7.96. The Bertz CT molecular complexity index is 463. The van der Waals surface area contributed by atoms with Crippen molar-refractivity contribution >= 4 is 11.3 Å². The molecule has 1 fully saturated rings. The van der Waals surface area contributed by atoms with E-state index in [1.165, 1.54) is 11.3 Å². The molecule has 2 heterocycles. The van der Waals surface area contributed by atoms with Crippen molar-refractivity contribution in [3.8, 4) is 11.8 Å². The van der Waals surface area contributed by atoms with Crippen molar-refractivity contribution in [1.29, 1.82) is 0 Å². The molecule has 0 aromatic carbocycles. The Balaban J connectivity index is 1.85. The number of rotatable bonds is 4. The third-order valence-electron chi connectivity index (χ3n) is 3.45. The fraction of sp³-hybridized carbons (Fsp3) is 0.600. The van der Waals surface area contributed by atoms with Gasteiger partial charge in [-0.05, 0) is 31.6 Å². The summed E-state index contributed by atoms with van der Waals surface area (Å²) in [5.74, 6) is 5.98. The van der Waals surface area contributed by atoms with Crippen molar-refractivity contribution in [2.75, 3.05) is 45.9 Å². The zero-order valence-electron chi connectivity index (χ0n) is 11.8. The summed E-state index contributed by atoms with van der Waals surface area (Å²) in [6.45, 7) is 6.81. The van der Waals surface area contributed by atoms with Gasteiger partial charge in [0.2, 0.25) is 0 Å². The number of aliphatic hydroxyl groups excluding tert-OH is 1. The maximum Gasteiger partial charge on any atom is 0.0772 e. The zero-order chi connectivity index (χ0) is 14.2. The van der Waals surface area contributed by atoms with E-state index in [4.69, 9.17) is 10.8 Å². The van der Waals surface area contributed by atoms with Crippen LogP contribution in [0.1, 0.15) is 16.2 Å². The molecule has 0 radical (unpaired) electrons. The van der Waals surface area contributed by atoms with Gasteiger partial charge in [0.15, 0.2) is 0 Å². The third-order valence-corrected chi connectivity index (χ3v) is 4.44. The van der Waals surface area contributed by atoms with Crippen LogP contribution in [0.15, 0.2) is 12.1 Å². The van der Waals surface area contributed by atoms with Gasteiger partial charge in [0.05, 0.1) is 18.0 Å². The highest BCUT2D eigenvalue weighted by molar-refractivity contribution is 7.12. The summed E-state index contributed by atoms with van der Waals surface area (Å²) in [7, 11) is 0. The van der Waals surface area contributed by atoms with Crippen LogP contribution in [-0.2, 0) is 6.54 Å². The standard InChI is InChI=1S/C15H23N3OS/c16-6-1-3-14-4-5-15(20-14)13-18-8-2-7-17(9-10-18)11-12-19/h4-5,19H,2,6-13,16H2. The molecule has 0 aliphatic carbocycles. The van der Waals surface area contributed by atoms with E-state index < -0.39 is 0 Å². The Morgan fingerprint density at radius 2 is 2.00 bits per heavy atom. The predicted molar refractivity (Wildman–Crippen MR) is 83.7 cm³/mol.